The van der Waals surface area contributed by atoms with E-state index in [1.54, 1.807) is 0 Å². The largest absolute Gasteiger partial charge is 0.328 e. The fourth-order valence-corrected chi connectivity index (χ4v) is 10.1. The molecule has 3 N–H and O–H groups in total. The van der Waals surface area contributed by atoms with Crippen molar-refractivity contribution in [1.82, 2.24) is 5.32 Å². The number of hydrogen-bond acceptors (Lipinski definition) is 2. The van der Waals surface area contributed by atoms with Gasteiger partial charge in [-0.3, -0.25) is 0 Å². The molecule has 31 heavy (non-hydrogen) atoms. The summed E-state index contributed by atoms with van der Waals surface area (Å²) in [6, 6.07) is 0.403. The highest BCUT2D eigenvalue weighted by atomic mass is 15.0. The van der Waals surface area contributed by atoms with Gasteiger partial charge in [0.1, 0.15) is 0 Å². The molecule has 0 aromatic heterocycles. The predicted octanol–water partition coefficient (Wildman–Crippen LogP) is 7.17. The van der Waals surface area contributed by atoms with Crippen LogP contribution in [0, 0.1) is 46.3 Å². The van der Waals surface area contributed by atoms with Crippen molar-refractivity contribution in [3.8, 4) is 0 Å². The molecule has 4 aliphatic carbocycles. The Kier molecular flexibility index (Phi) is 6.93. The van der Waals surface area contributed by atoms with Gasteiger partial charge in [0.15, 0.2) is 0 Å². The van der Waals surface area contributed by atoms with Crippen LogP contribution in [0.25, 0.3) is 0 Å². The van der Waals surface area contributed by atoms with Crippen LogP contribution in [0.2, 0.25) is 0 Å². The first-order valence-corrected chi connectivity index (χ1v) is 14.2. The molecule has 0 aromatic carbocycles. The molecular weight excluding hydrogens is 376 g/mol. The average molecular weight is 431 g/mol. The van der Waals surface area contributed by atoms with Crippen LogP contribution in [0.5, 0.6) is 0 Å². The van der Waals surface area contributed by atoms with Gasteiger partial charge in [0, 0.05) is 11.6 Å². The van der Waals surface area contributed by atoms with E-state index in [1.807, 2.05) is 0 Å². The fourth-order valence-electron chi connectivity index (χ4n) is 10.1. The average Bonchev–Trinajstić information content (AvgIpc) is 3.06. The summed E-state index contributed by atoms with van der Waals surface area (Å²) in [5.74, 6) is 5.62. The van der Waals surface area contributed by atoms with Crippen LogP contribution in [0.15, 0.2) is 0 Å². The molecule has 0 heterocycles. The molecule has 4 aliphatic rings. The second kappa shape index (κ2) is 8.94. The van der Waals surface area contributed by atoms with Crippen molar-refractivity contribution in [2.24, 2.45) is 52.1 Å². The molecule has 0 bridgehead atoms. The first-order valence-electron chi connectivity index (χ1n) is 14.2. The highest BCUT2D eigenvalue weighted by Crippen LogP contribution is 2.69. The first kappa shape index (κ1) is 24.1. The Morgan fingerprint density at radius 1 is 0.903 bits per heavy atom. The monoisotopic (exact) mass is 430 g/mol. The SMILES string of the molecule is CCNC12CCC3C4CCC(C(C)CCCC(C)C)C4(C)CCC3C1(C)CCC(N)C2. The van der Waals surface area contributed by atoms with Crippen LogP contribution >= 0.6 is 0 Å². The summed E-state index contributed by atoms with van der Waals surface area (Å²) in [4.78, 5) is 0. The Bertz CT molecular complexity index is 616. The van der Waals surface area contributed by atoms with E-state index >= 15 is 0 Å². The van der Waals surface area contributed by atoms with E-state index in [0.29, 0.717) is 22.4 Å². The highest BCUT2D eigenvalue weighted by molar-refractivity contribution is 5.17. The van der Waals surface area contributed by atoms with Gasteiger partial charge >= 0.3 is 0 Å². The molecule has 9 unspecified atom stereocenters. The molecule has 0 amide bonds. The van der Waals surface area contributed by atoms with Crippen LogP contribution in [0.1, 0.15) is 119 Å². The number of hydrogen-bond donors (Lipinski definition) is 2. The van der Waals surface area contributed by atoms with E-state index in [1.165, 1.54) is 77.0 Å². The summed E-state index contributed by atoms with van der Waals surface area (Å²) >= 11 is 0. The molecule has 2 heteroatoms. The van der Waals surface area contributed by atoms with Gasteiger partial charge in [0.2, 0.25) is 0 Å². The van der Waals surface area contributed by atoms with Crippen LogP contribution in [0.3, 0.4) is 0 Å². The van der Waals surface area contributed by atoms with Crippen LogP contribution < -0.4 is 11.1 Å². The Labute approximate surface area is 194 Å². The van der Waals surface area contributed by atoms with Crippen LogP contribution in [-0.4, -0.2) is 18.1 Å². The molecule has 0 spiro atoms. The minimum absolute atomic E-state index is 0.302. The van der Waals surface area contributed by atoms with Gasteiger partial charge in [-0.2, -0.15) is 0 Å². The van der Waals surface area contributed by atoms with Crippen molar-refractivity contribution >= 4 is 0 Å². The minimum atomic E-state index is 0.302. The maximum absolute atomic E-state index is 6.56. The quantitative estimate of drug-likeness (QED) is 0.449. The summed E-state index contributed by atoms with van der Waals surface area (Å²) in [5.41, 5.74) is 7.92. The summed E-state index contributed by atoms with van der Waals surface area (Å²) < 4.78 is 0. The summed E-state index contributed by atoms with van der Waals surface area (Å²) in [7, 11) is 0. The van der Waals surface area contributed by atoms with Crippen molar-refractivity contribution in [1.29, 1.82) is 0 Å². The van der Waals surface area contributed by atoms with Crippen LogP contribution in [0.4, 0.5) is 0 Å². The Balaban J connectivity index is 1.52. The van der Waals surface area contributed by atoms with Crippen molar-refractivity contribution in [3.05, 3.63) is 0 Å². The van der Waals surface area contributed by atoms with E-state index in [9.17, 15) is 0 Å². The Morgan fingerprint density at radius 2 is 1.68 bits per heavy atom. The standard InChI is InChI=1S/C29H54N2/c1-7-31-29-18-14-23-25-12-11-24(21(4)10-8-9-20(2)3)27(25,5)16-15-26(23)28(29,6)17-13-22(30)19-29/h20-26,31H,7-19,30H2,1-6H3. The van der Waals surface area contributed by atoms with Gasteiger partial charge in [0.05, 0.1) is 0 Å². The smallest absolute Gasteiger partial charge is 0.0252 e. The van der Waals surface area contributed by atoms with E-state index in [2.05, 4.69) is 46.9 Å². The molecule has 0 saturated heterocycles. The molecule has 0 aliphatic heterocycles. The van der Waals surface area contributed by atoms with Gasteiger partial charge in [-0.1, -0.05) is 60.8 Å². The maximum Gasteiger partial charge on any atom is 0.0252 e. The van der Waals surface area contributed by atoms with Gasteiger partial charge in [-0.05, 0) is 111 Å². The number of rotatable bonds is 7. The van der Waals surface area contributed by atoms with Gasteiger partial charge in [0.25, 0.3) is 0 Å². The van der Waals surface area contributed by atoms with Crippen LogP contribution in [-0.2, 0) is 0 Å². The highest BCUT2D eigenvalue weighted by Gasteiger charge is 2.64. The third-order valence-corrected chi connectivity index (χ3v) is 11.6. The maximum atomic E-state index is 6.56. The molecule has 4 fully saturated rings. The third-order valence-electron chi connectivity index (χ3n) is 11.6. The lowest BCUT2D eigenvalue weighted by atomic mass is 9.42. The van der Waals surface area contributed by atoms with Crippen molar-refractivity contribution in [3.63, 3.8) is 0 Å². The lowest BCUT2D eigenvalue weighted by Crippen LogP contribution is -2.69. The fraction of sp³-hybridized carbons (Fsp3) is 1.00. The molecule has 0 radical (unpaired) electrons. The van der Waals surface area contributed by atoms with Gasteiger partial charge < -0.3 is 11.1 Å². The third kappa shape index (κ3) is 3.94. The van der Waals surface area contributed by atoms with Crippen molar-refractivity contribution in [2.75, 3.05) is 6.54 Å². The predicted molar refractivity (Wildman–Crippen MR) is 134 cm³/mol. The second-order valence-corrected chi connectivity index (χ2v) is 13.5. The van der Waals surface area contributed by atoms with Gasteiger partial charge in [-0.25, -0.2) is 0 Å². The van der Waals surface area contributed by atoms with E-state index in [0.717, 1.165) is 42.1 Å². The van der Waals surface area contributed by atoms with E-state index < -0.39 is 0 Å². The second-order valence-electron chi connectivity index (χ2n) is 13.5. The Hall–Kier alpha value is -0.0800. The summed E-state index contributed by atoms with van der Waals surface area (Å²) in [6.45, 7) is 16.2. The first-order chi connectivity index (χ1) is 14.7. The van der Waals surface area contributed by atoms with Gasteiger partial charge in [-0.15, -0.1) is 0 Å². The lowest BCUT2D eigenvalue weighted by molar-refractivity contribution is -0.138. The van der Waals surface area contributed by atoms with E-state index in [-0.39, 0.29) is 0 Å². The molecule has 4 saturated carbocycles. The molecule has 9 atom stereocenters. The normalized spacial score (nSPS) is 48.2. The Morgan fingerprint density at radius 3 is 2.39 bits per heavy atom. The lowest BCUT2D eigenvalue weighted by Gasteiger charge is -2.66. The molecule has 180 valence electrons. The zero-order chi connectivity index (χ0) is 22.4. The molecule has 2 nitrogen and oxygen atoms in total. The minimum Gasteiger partial charge on any atom is -0.328 e. The molecule has 0 aromatic rings. The topological polar surface area (TPSA) is 38.0 Å². The van der Waals surface area contributed by atoms with Crippen molar-refractivity contribution < 1.29 is 0 Å². The zero-order valence-electron chi connectivity index (χ0n) is 21.8. The molecule has 4 rings (SSSR count). The van der Waals surface area contributed by atoms with Crippen molar-refractivity contribution in [2.45, 2.75) is 130 Å². The summed E-state index contributed by atoms with van der Waals surface area (Å²) in [6.07, 6.45) is 16.9. The summed E-state index contributed by atoms with van der Waals surface area (Å²) in [5, 5.41) is 4.05. The molecular formula is C29H54N2. The zero-order valence-corrected chi connectivity index (χ0v) is 21.8. The number of nitrogens with two attached hydrogens (primary N) is 1. The van der Waals surface area contributed by atoms with E-state index in [4.69, 9.17) is 5.73 Å². The number of fused-ring (bicyclic) bond motifs is 5. The number of nitrogens with one attached hydrogen (secondary N) is 1.